The van der Waals surface area contributed by atoms with Gasteiger partial charge in [-0.2, -0.15) is 5.10 Å². The molecule has 1 atom stereocenters. The third kappa shape index (κ3) is 2.16. The number of rotatable bonds is 1. The smallest absolute Gasteiger partial charge is 0.191 e. The van der Waals surface area contributed by atoms with E-state index in [0.717, 1.165) is 18.7 Å². The molecule has 16 heavy (non-hydrogen) atoms. The van der Waals surface area contributed by atoms with Gasteiger partial charge in [0.05, 0.1) is 19.3 Å². The quantitative estimate of drug-likeness (QED) is 0.526. The molecular formula is C10H17N5O. The summed E-state index contributed by atoms with van der Waals surface area (Å²) in [5, 5.41) is 4.14. The second-order valence-electron chi connectivity index (χ2n) is 3.83. The fraction of sp³-hybridized carbons (Fsp3) is 0.600. The molecule has 6 nitrogen and oxygen atoms in total. The van der Waals surface area contributed by atoms with Gasteiger partial charge in [0.1, 0.15) is 6.10 Å². The molecule has 0 spiro atoms. The summed E-state index contributed by atoms with van der Waals surface area (Å²) in [5.74, 6) is 0.567. The predicted molar refractivity (Wildman–Crippen MR) is 61.0 cm³/mol. The highest BCUT2D eigenvalue weighted by atomic mass is 16.5. The number of nitrogens with zero attached hydrogens (tertiary/aromatic N) is 4. The highest BCUT2D eigenvalue weighted by molar-refractivity contribution is 5.78. The van der Waals surface area contributed by atoms with Gasteiger partial charge in [0.15, 0.2) is 5.96 Å². The second kappa shape index (κ2) is 4.52. The Morgan fingerprint density at radius 2 is 2.50 bits per heavy atom. The van der Waals surface area contributed by atoms with Crippen molar-refractivity contribution in [3.8, 4) is 0 Å². The number of aromatic nitrogens is 2. The molecule has 0 aliphatic carbocycles. The normalized spacial score (nSPS) is 22.5. The zero-order valence-corrected chi connectivity index (χ0v) is 9.63. The molecule has 1 aliphatic heterocycles. The Hall–Kier alpha value is -1.56. The molecule has 0 bridgehead atoms. The van der Waals surface area contributed by atoms with Crippen molar-refractivity contribution in [2.75, 3.05) is 26.7 Å². The number of hydrogen-bond donors (Lipinski definition) is 1. The molecule has 0 saturated carbocycles. The first kappa shape index (κ1) is 10.9. The first-order chi connectivity index (χ1) is 7.70. The molecule has 2 rings (SSSR count). The minimum Gasteiger partial charge on any atom is -0.370 e. The van der Waals surface area contributed by atoms with Crippen molar-refractivity contribution in [3.05, 3.63) is 18.0 Å². The van der Waals surface area contributed by atoms with E-state index in [1.54, 1.807) is 11.7 Å². The minimum absolute atomic E-state index is 0.0303. The van der Waals surface area contributed by atoms with Gasteiger partial charge in [0.25, 0.3) is 0 Å². The summed E-state index contributed by atoms with van der Waals surface area (Å²) >= 11 is 0. The third-order valence-electron chi connectivity index (χ3n) is 2.72. The van der Waals surface area contributed by atoms with E-state index in [0.29, 0.717) is 12.6 Å². The Morgan fingerprint density at radius 3 is 3.12 bits per heavy atom. The van der Waals surface area contributed by atoms with Crippen LogP contribution in [0.15, 0.2) is 17.4 Å². The van der Waals surface area contributed by atoms with Gasteiger partial charge in [0, 0.05) is 32.4 Å². The van der Waals surface area contributed by atoms with Gasteiger partial charge in [-0.3, -0.25) is 9.67 Å². The Balaban J connectivity index is 2.07. The molecule has 1 fully saturated rings. The van der Waals surface area contributed by atoms with Crippen LogP contribution in [0.1, 0.15) is 11.7 Å². The van der Waals surface area contributed by atoms with Crippen LogP contribution in [-0.2, 0) is 11.8 Å². The van der Waals surface area contributed by atoms with Gasteiger partial charge in [-0.25, -0.2) is 0 Å². The van der Waals surface area contributed by atoms with Crippen molar-refractivity contribution in [3.63, 3.8) is 0 Å². The summed E-state index contributed by atoms with van der Waals surface area (Å²) < 4.78 is 7.47. The van der Waals surface area contributed by atoms with Crippen LogP contribution in [0.2, 0.25) is 0 Å². The number of ether oxygens (including phenoxy) is 1. The third-order valence-corrected chi connectivity index (χ3v) is 2.72. The lowest BCUT2D eigenvalue weighted by molar-refractivity contribution is -0.00733. The standard InChI is InChI=1S/C10H17N5O/c1-12-10(11)15-3-4-16-9(7-15)8-5-13-14(2)6-8/h5-6,9H,3-4,7H2,1-2H3,(H2,11,12). The average Bonchev–Trinajstić information content (AvgIpc) is 2.75. The summed E-state index contributed by atoms with van der Waals surface area (Å²) in [6.45, 7) is 2.19. The highest BCUT2D eigenvalue weighted by Gasteiger charge is 2.23. The SMILES string of the molecule is CN=C(N)N1CCOC(c2cnn(C)c2)C1. The van der Waals surface area contributed by atoms with Gasteiger partial charge in [0.2, 0.25) is 0 Å². The second-order valence-corrected chi connectivity index (χ2v) is 3.83. The first-order valence-corrected chi connectivity index (χ1v) is 5.28. The molecule has 2 N–H and O–H groups in total. The summed E-state index contributed by atoms with van der Waals surface area (Å²) in [6.07, 6.45) is 3.82. The lowest BCUT2D eigenvalue weighted by Gasteiger charge is -2.33. The molecule has 1 aliphatic rings. The fourth-order valence-electron chi connectivity index (χ4n) is 1.81. The first-order valence-electron chi connectivity index (χ1n) is 5.28. The van der Waals surface area contributed by atoms with Crippen LogP contribution in [0.5, 0.6) is 0 Å². The van der Waals surface area contributed by atoms with Gasteiger partial charge in [-0.15, -0.1) is 0 Å². The van der Waals surface area contributed by atoms with Crippen LogP contribution in [0.25, 0.3) is 0 Å². The summed E-state index contributed by atoms with van der Waals surface area (Å²) in [5.41, 5.74) is 6.87. The van der Waals surface area contributed by atoms with Crippen LogP contribution < -0.4 is 5.73 Å². The Kier molecular flexibility index (Phi) is 3.09. The molecule has 1 unspecified atom stereocenters. The number of guanidine groups is 1. The van der Waals surface area contributed by atoms with Gasteiger partial charge in [-0.1, -0.05) is 0 Å². The Morgan fingerprint density at radius 1 is 1.69 bits per heavy atom. The van der Waals surface area contributed by atoms with Crippen molar-refractivity contribution in [2.45, 2.75) is 6.10 Å². The van der Waals surface area contributed by atoms with E-state index >= 15 is 0 Å². The Bertz CT molecular complexity index is 386. The van der Waals surface area contributed by atoms with Crippen LogP contribution in [-0.4, -0.2) is 47.4 Å². The molecule has 2 heterocycles. The number of hydrogen-bond acceptors (Lipinski definition) is 3. The Labute approximate surface area is 94.7 Å². The topological polar surface area (TPSA) is 68.7 Å². The maximum Gasteiger partial charge on any atom is 0.191 e. The van der Waals surface area contributed by atoms with E-state index in [9.17, 15) is 0 Å². The largest absolute Gasteiger partial charge is 0.370 e. The zero-order valence-electron chi connectivity index (χ0n) is 9.63. The van der Waals surface area contributed by atoms with Gasteiger partial charge >= 0.3 is 0 Å². The van der Waals surface area contributed by atoms with Crippen LogP contribution in [0.4, 0.5) is 0 Å². The molecule has 1 saturated heterocycles. The summed E-state index contributed by atoms with van der Waals surface area (Å²) in [6, 6.07) is 0. The molecule has 6 heteroatoms. The van der Waals surface area contributed by atoms with Crippen molar-refractivity contribution in [2.24, 2.45) is 17.8 Å². The van der Waals surface area contributed by atoms with E-state index < -0.39 is 0 Å². The lowest BCUT2D eigenvalue weighted by atomic mass is 10.1. The molecular weight excluding hydrogens is 206 g/mol. The zero-order chi connectivity index (χ0) is 11.5. The maximum atomic E-state index is 5.79. The number of morpholine rings is 1. The maximum absolute atomic E-state index is 5.79. The monoisotopic (exact) mass is 223 g/mol. The van der Waals surface area contributed by atoms with Crippen LogP contribution >= 0.6 is 0 Å². The van der Waals surface area contributed by atoms with Crippen molar-refractivity contribution in [1.29, 1.82) is 0 Å². The molecule has 88 valence electrons. The summed E-state index contributed by atoms with van der Waals surface area (Å²) in [7, 11) is 3.59. The molecule has 0 aromatic carbocycles. The van der Waals surface area contributed by atoms with E-state index in [2.05, 4.69) is 10.1 Å². The highest BCUT2D eigenvalue weighted by Crippen LogP contribution is 2.21. The minimum atomic E-state index is 0.0303. The van der Waals surface area contributed by atoms with Crippen molar-refractivity contribution < 1.29 is 4.74 Å². The molecule has 0 radical (unpaired) electrons. The predicted octanol–water partition coefficient (Wildman–Crippen LogP) is -0.262. The van der Waals surface area contributed by atoms with Crippen LogP contribution in [0.3, 0.4) is 0 Å². The lowest BCUT2D eigenvalue weighted by Crippen LogP contribution is -2.45. The van der Waals surface area contributed by atoms with Gasteiger partial charge < -0.3 is 15.4 Å². The molecule has 0 amide bonds. The summed E-state index contributed by atoms with van der Waals surface area (Å²) in [4.78, 5) is 6.02. The number of nitrogens with two attached hydrogens (primary N) is 1. The van der Waals surface area contributed by atoms with Gasteiger partial charge in [-0.05, 0) is 0 Å². The van der Waals surface area contributed by atoms with E-state index in [1.165, 1.54) is 0 Å². The van der Waals surface area contributed by atoms with E-state index in [-0.39, 0.29) is 6.10 Å². The molecule has 1 aromatic rings. The van der Waals surface area contributed by atoms with Crippen molar-refractivity contribution in [1.82, 2.24) is 14.7 Å². The number of aryl methyl sites for hydroxylation is 1. The average molecular weight is 223 g/mol. The molecule has 1 aromatic heterocycles. The van der Waals surface area contributed by atoms with Crippen LogP contribution in [0, 0.1) is 0 Å². The fourth-order valence-corrected chi connectivity index (χ4v) is 1.81. The van der Waals surface area contributed by atoms with E-state index in [1.807, 2.05) is 24.3 Å². The van der Waals surface area contributed by atoms with Crippen molar-refractivity contribution >= 4 is 5.96 Å². The van der Waals surface area contributed by atoms with E-state index in [4.69, 9.17) is 10.5 Å². The number of aliphatic imine (C=N–C) groups is 1.